The second-order valence-electron chi connectivity index (χ2n) is 8.32. The Bertz CT molecular complexity index is 1280. The van der Waals surface area contributed by atoms with Crippen molar-refractivity contribution >= 4 is 34.8 Å². The fourth-order valence-corrected chi connectivity index (χ4v) is 4.67. The number of rotatable bonds is 8. The predicted octanol–water partition coefficient (Wildman–Crippen LogP) is 5.78. The summed E-state index contributed by atoms with van der Waals surface area (Å²) in [6.07, 6.45) is 0.188. The second kappa shape index (κ2) is 10.9. The Balaban J connectivity index is 1.97. The summed E-state index contributed by atoms with van der Waals surface area (Å²) in [5.41, 5.74) is 3.68. The van der Waals surface area contributed by atoms with Gasteiger partial charge in [0, 0.05) is 28.9 Å². The van der Waals surface area contributed by atoms with Crippen molar-refractivity contribution in [2.24, 2.45) is 0 Å². The first kappa shape index (κ1) is 25.4. The summed E-state index contributed by atoms with van der Waals surface area (Å²) in [5.74, 6) is 1.56. The molecule has 1 atom stereocenters. The summed E-state index contributed by atoms with van der Waals surface area (Å²) in [4.78, 5) is 27.5. The van der Waals surface area contributed by atoms with E-state index in [4.69, 9.17) is 25.8 Å². The van der Waals surface area contributed by atoms with Gasteiger partial charge in [0.25, 0.3) is 0 Å². The van der Waals surface area contributed by atoms with Gasteiger partial charge >= 0.3 is 0 Å². The molecule has 36 heavy (non-hydrogen) atoms. The maximum atomic E-state index is 13.7. The molecule has 0 saturated heterocycles. The van der Waals surface area contributed by atoms with E-state index in [0.29, 0.717) is 46.9 Å². The minimum atomic E-state index is -0.552. The van der Waals surface area contributed by atoms with Gasteiger partial charge in [-0.15, -0.1) is 0 Å². The lowest BCUT2D eigenvalue weighted by Crippen LogP contribution is -2.41. The smallest absolute Gasteiger partial charge is 0.232 e. The molecule has 0 aliphatic carbocycles. The van der Waals surface area contributed by atoms with Gasteiger partial charge in [-0.05, 0) is 73.5 Å². The molecule has 8 heteroatoms. The van der Waals surface area contributed by atoms with Crippen molar-refractivity contribution in [3.63, 3.8) is 0 Å². The third-order valence-electron chi connectivity index (χ3n) is 5.94. The number of carbonyl (C=O) groups is 2. The van der Waals surface area contributed by atoms with Crippen LogP contribution in [0.25, 0.3) is 0 Å². The molecule has 3 aromatic carbocycles. The van der Waals surface area contributed by atoms with Crippen LogP contribution in [0, 0.1) is 0 Å². The number of fused-ring (bicyclic) bond motifs is 1. The Labute approximate surface area is 215 Å². The Morgan fingerprint density at radius 3 is 2.28 bits per heavy atom. The number of carbonyl (C=O) groups excluding carboxylic acids is 2. The Kier molecular flexibility index (Phi) is 7.70. The van der Waals surface area contributed by atoms with E-state index in [9.17, 15) is 9.59 Å². The molecule has 0 saturated carbocycles. The number of hydrogen-bond donors (Lipinski definition) is 1. The van der Waals surface area contributed by atoms with E-state index in [0.717, 1.165) is 16.7 Å². The van der Waals surface area contributed by atoms with Gasteiger partial charge in [0.2, 0.25) is 11.8 Å². The van der Waals surface area contributed by atoms with Gasteiger partial charge in [-0.3, -0.25) is 9.59 Å². The normalized spacial score (nSPS) is 14.8. The van der Waals surface area contributed by atoms with E-state index in [1.807, 2.05) is 56.3 Å². The molecule has 0 radical (unpaired) electrons. The molecule has 4 rings (SSSR count). The molecule has 188 valence electrons. The van der Waals surface area contributed by atoms with Crippen LogP contribution in [-0.2, 0) is 16.0 Å². The molecule has 7 nitrogen and oxygen atoms in total. The average molecular weight is 509 g/mol. The number of hydrogen-bond acceptors (Lipinski definition) is 5. The average Bonchev–Trinajstić information content (AvgIpc) is 2.84. The number of methoxy groups -OCH3 is 1. The molecule has 1 N–H and O–H groups in total. The molecule has 0 aromatic heterocycles. The highest BCUT2D eigenvalue weighted by molar-refractivity contribution is 6.31. The Morgan fingerprint density at radius 1 is 1.00 bits per heavy atom. The first-order chi connectivity index (χ1) is 17.4. The minimum Gasteiger partial charge on any atom is -0.497 e. The van der Waals surface area contributed by atoms with Crippen LogP contribution < -0.4 is 24.4 Å². The van der Waals surface area contributed by atoms with Crippen molar-refractivity contribution in [3.8, 4) is 17.2 Å². The molecule has 1 heterocycles. The third-order valence-corrected chi connectivity index (χ3v) is 6.17. The number of halogens is 1. The second-order valence-corrected chi connectivity index (χ2v) is 8.75. The molecule has 1 aliphatic rings. The molecule has 3 aromatic rings. The van der Waals surface area contributed by atoms with Crippen LogP contribution in [0.4, 0.5) is 11.4 Å². The number of nitrogens with zero attached hydrogens (tertiary/aromatic N) is 1. The van der Waals surface area contributed by atoms with E-state index in [1.54, 1.807) is 24.1 Å². The van der Waals surface area contributed by atoms with Crippen LogP contribution >= 0.6 is 11.6 Å². The zero-order valence-corrected chi connectivity index (χ0v) is 21.5. The van der Waals surface area contributed by atoms with Crippen molar-refractivity contribution in [3.05, 3.63) is 76.3 Å². The van der Waals surface area contributed by atoms with E-state index >= 15 is 0 Å². The molecule has 2 amide bonds. The lowest BCUT2D eigenvalue weighted by atomic mass is 9.86. The van der Waals surface area contributed by atoms with Gasteiger partial charge in [-0.25, -0.2) is 0 Å². The summed E-state index contributed by atoms with van der Waals surface area (Å²) in [6.45, 7) is 6.18. The summed E-state index contributed by atoms with van der Waals surface area (Å²) in [6, 6.07) is 15.9. The monoisotopic (exact) mass is 508 g/mol. The number of nitrogens with one attached hydrogen (secondary N) is 1. The summed E-state index contributed by atoms with van der Waals surface area (Å²) < 4.78 is 17.0. The number of anilines is 2. The fraction of sp³-hybridized carbons (Fsp3) is 0.286. The summed E-state index contributed by atoms with van der Waals surface area (Å²) in [5, 5.41) is 3.36. The van der Waals surface area contributed by atoms with Crippen molar-refractivity contribution in [1.82, 2.24) is 0 Å². The molecular weight excluding hydrogens is 480 g/mol. The summed E-state index contributed by atoms with van der Waals surface area (Å²) in [7, 11) is 1.60. The zero-order valence-electron chi connectivity index (χ0n) is 20.8. The van der Waals surface area contributed by atoms with Crippen molar-refractivity contribution < 1.29 is 23.8 Å². The lowest BCUT2D eigenvalue weighted by molar-refractivity contribution is -0.118. The first-order valence-electron chi connectivity index (χ1n) is 11.8. The summed E-state index contributed by atoms with van der Waals surface area (Å²) >= 11 is 6.29. The number of benzene rings is 3. The van der Waals surface area contributed by atoms with Crippen LogP contribution in [0.5, 0.6) is 17.2 Å². The fourth-order valence-electron chi connectivity index (χ4n) is 4.50. The van der Waals surface area contributed by atoms with Crippen LogP contribution in [0.1, 0.15) is 43.5 Å². The highest BCUT2D eigenvalue weighted by atomic mass is 35.5. The van der Waals surface area contributed by atoms with E-state index in [1.165, 1.54) is 6.92 Å². The maximum Gasteiger partial charge on any atom is 0.232 e. The first-order valence-corrected chi connectivity index (χ1v) is 12.2. The van der Waals surface area contributed by atoms with E-state index in [2.05, 4.69) is 5.32 Å². The van der Waals surface area contributed by atoms with Gasteiger partial charge in [0.05, 0.1) is 32.8 Å². The SMILES string of the molecule is CCOc1cc2c(cc1OCC)C(c1ccc(Cl)cc1NC(C)=O)N(c1ccc(OC)cc1)C(=O)C2. The van der Waals surface area contributed by atoms with Gasteiger partial charge in [0.1, 0.15) is 5.75 Å². The van der Waals surface area contributed by atoms with Crippen LogP contribution in [-0.4, -0.2) is 32.1 Å². The van der Waals surface area contributed by atoms with Gasteiger partial charge in [-0.1, -0.05) is 17.7 Å². The minimum absolute atomic E-state index is 0.0898. The van der Waals surface area contributed by atoms with E-state index in [-0.39, 0.29) is 18.2 Å². The Morgan fingerprint density at radius 2 is 1.67 bits per heavy atom. The largest absolute Gasteiger partial charge is 0.497 e. The molecule has 0 fully saturated rings. The maximum absolute atomic E-state index is 13.7. The van der Waals surface area contributed by atoms with Gasteiger partial charge < -0.3 is 24.4 Å². The van der Waals surface area contributed by atoms with Gasteiger partial charge in [0.15, 0.2) is 11.5 Å². The standard InChI is InChI=1S/C28H29ClN2O5/c1-5-35-25-13-18-14-27(33)31(20-8-10-21(34-4)11-9-20)28(23(18)16-26(25)36-6-2)22-12-7-19(29)15-24(22)30-17(3)32/h7-13,15-16,28H,5-6,14H2,1-4H3,(H,30,32). The molecule has 1 unspecified atom stereocenters. The molecule has 1 aliphatic heterocycles. The molecule has 0 spiro atoms. The van der Waals surface area contributed by atoms with Crippen molar-refractivity contribution in [2.45, 2.75) is 33.2 Å². The van der Waals surface area contributed by atoms with Crippen LogP contribution in [0.3, 0.4) is 0 Å². The topological polar surface area (TPSA) is 77.1 Å². The van der Waals surface area contributed by atoms with E-state index < -0.39 is 6.04 Å². The highest BCUT2D eigenvalue weighted by Crippen LogP contribution is 2.45. The lowest BCUT2D eigenvalue weighted by Gasteiger charge is -2.39. The van der Waals surface area contributed by atoms with Gasteiger partial charge in [-0.2, -0.15) is 0 Å². The van der Waals surface area contributed by atoms with Crippen molar-refractivity contribution in [1.29, 1.82) is 0 Å². The van der Waals surface area contributed by atoms with Crippen molar-refractivity contribution in [2.75, 3.05) is 30.5 Å². The van der Waals surface area contributed by atoms with Crippen LogP contribution in [0.2, 0.25) is 5.02 Å². The predicted molar refractivity (Wildman–Crippen MR) is 141 cm³/mol. The number of ether oxygens (including phenoxy) is 3. The third kappa shape index (κ3) is 5.11. The van der Waals surface area contributed by atoms with Crippen LogP contribution in [0.15, 0.2) is 54.6 Å². The zero-order chi connectivity index (χ0) is 25.8. The Hall–Kier alpha value is -3.71. The highest BCUT2D eigenvalue weighted by Gasteiger charge is 2.37. The molecular formula is C28H29ClN2O5. The quantitative estimate of drug-likeness (QED) is 0.417. The molecule has 0 bridgehead atoms. The number of amides is 2.